The normalized spacial score (nSPS) is 11.5. The first-order chi connectivity index (χ1) is 15.1. The van der Waals surface area contributed by atoms with E-state index >= 15 is 0 Å². The number of thiophene rings is 1. The third kappa shape index (κ3) is 4.27. The average molecular weight is 448 g/mol. The summed E-state index contributed by atoms with van der Waals surface area (Å²) < 4.78 is 1.46. The first-order valence-corrected chi connectivity index (χ1v) is 11.1. The number of aryl methyl sites for hydroxylation is 1. The first-order valence-electron chi connectivity index (χ1n) is 10.3. The molecular formula is C24H25N5O2S. The van der Waals surface area contributed by atoms with Gasteiger partial charge in [0.05, 0.1) is 4.88 Å². The molecule has 32 heavy (non-hydrogen) atoms. The van der Waals surface area contributed by atoms with Gasteiger partial charge in [0.1, 0.15) is 11.5 Å². The minimum Gasteiger partial charge on any atom is -0.306 e. The number of nitrogens with zero attached hydrogens (tertiary/aromatic N) is 3. The van der Waals surface area contributed by atoms with Crippen LogP contribution in [0.2, 0.25) is 0 Å². The number of carbonyl (C=O) groups is 1. The molecule has 3 heterocycles. The van der Waals surface area contributed by atoms with E-state index in [1.807, 2.05) is 41.8 Å². The molecule has 0 atom stereocenters. The highest BCUT2D eigenvalue weighted by Gasteiger charge is 2.19. The van der Waals surface area contributed by atoms with Crippen LogP contribution in [0.25, 0.3) is 16.5 Å². The number of nitrogens with one attached hydrogen (secondary N) is 2. The van der Waals surface area contributed by atoms with E-state index in [0.717, 1.165) is 10.4 Å². The van der Waals surface area contributed by atoms with Gasteiger partial charge in [-0.3, -0.25) is 14.6 Å². The number of H-pyrrole nitrogens is 1. The molecule has 1 aromatic carbocycles. The molecule has 7 nitrogen and oxygen atoms in total. The SMILES string of the molecule is Cc1nc(-n2nc(-c3cccs3)cc2NC(=O)c2ccc(C(C)(C)C)cc2)[nH]c(=O)c1C. The van der Waals surface area contributed by atoms with Gasteiger partial charge in [0, 0.05) is 22.9 Å². The number of aromatic amines is 1. The Bertz CT molecular complexity index is 1330. The van der Waals surface area contributed by atoms with Crippen LogP contribution in [-0.2, 0) is 5.41 Å². The Morgan fingerprint density at radius 2 is 1.84 bits per heavy atom. The molecule has 0 aliphatic carbocycles. The van der Waals surface area contributed by atoms with Gasteiger partial charge in [-0.05, 0) is 48.4 Å². The lowest BCUT2D eigenvalue weighted by molar-refractivity contribution is 0.102. The molecule has 4 rings (SSSR count). The lowest BCUT2D eigenvalue weighted by Crippen LogP contribution is -2.21. The molecule has 0 aliphatic rings. The van der Waals surface area contributed by atoms with Crippen LogP contribution in [0.1, 0.15) is 48.0 Å². The third-order valence-electron chi connectivity index (χ3n) is 5.32. The molecule has 0 aliphatic heterocycles. The Hall–Kier alpha value is -3.52. The van der Waals surface area contributed by atoms with Crippen LogP contribution in [0.3, 0.4) is 0 Å². The number of hydrogen-bond acceptors (Lipinski definition) is 5. The van der Waals surface area contributed by atoms with Crippen molar-refractivity contribution in [2.24, 2.45) is 0 Å². The van der Waals surface area contributed by atoms with Crippen LogP contribution in [0, 0.1) is 13.8 Å². The second-order valence-corrected chi connectivity index (χ2v) is 9.63. The molecular weight excluding hydrogens is 422 g/mol. The Labute approximate surface area is 190 Å². The highest BCUT2D eigenvalue weighted by atomic mass is 32.1. The summed E-state index contributed by atoms with van der Waals surface area (Å²) in [4.78, 5) is 33.5. The summed E-state index contributed by atoms with van der Waals surface area (Å²) in [5.41, 5.74) is 3.27. The third-order valence-corrected chi connectivity index (χ3v) is 6.21. The van der Waals surface area contributed by atoms with E-state index in [4.69, 9.17) is 0 Å². The molecule has 4 aromatic rings. The molecule has 0 unspecified atom stereocenters. The second-order valence-electron chi connectivity index (χ2n) is 8.69. The van der Waals surface area contributed by atoms with Gasteiger partial charge >= 0.3 is 0 Å². The van der Waals surface area contributed by atoms with Gasteiger partial charge in [-0.15, -0.1) is 11.3 Å². The number of anilines is 1. The fourth-order valence-corrected chi connectivity index (χ4v) is 3.90. The van der Waals surface area contributed by atoms with Crippen LogP contribution >= 0.6 is 11.3 Å². The van der Waals surface area contributed by atoms with Crippen molar-refractivity contribution >= 4 is 23.1 Å². The number of rotatable bonds is 4. The number of hydrogen-bond donors (Lipinski definition) is 2. The lowest BCUT2D eigenvalue weighted by atomic mass is 9.87. The van der Waals surface area contributed by atoms with Gasteiger partial charge in [0.15, 0.2) is 0 Å². The van der Waals surface area contributed by atoms with Gasteiger partial charge in [0.2, 0.25) is 5.95 Å². The second kappa shape index (κ2) is 8.20. The molecule has 0 fully saturated rings. The number of amides is 1. The van der Waals surface area contributed by atoms with Crippen molar-refractivity contribution in [3.05, 3.63) is 80.6 Å². The van der Waals surface area contributed by atoms with E-state index < -0.39 is 0 Å². The standard InChI is InChI=1S/C24H25N5O2S/c1-14-15(2)25-23(27-21(14)30)29-20(13-18(28-29)19-7-6-12-32-19)26-22(31)16-8-10-17(11-9-16)24(3,4)5/h6-13H,1-5H3,(H,26,31)(H,25,27,30). The Morgan fingerprint density at radius 1 is 1.12 bits per heavy atom. The first kappa shape index (κ1) is 21.7. The fourth-order valence-electron chi connectivity index (χ4n) is 3.22. The summed E-state index contributed by atoms with van der Waals surface area (Å²) in [7, 11) is 0. The maximum atomic E-state index is 13.0. The molecule has 2 N–H and O–H groups in total. The predicted octanol–water partition coefficient (Wildman–Crippen LogP) is 4.85. The highest BCUT2D eigenvalue weighted by molar-refractivity contribution is 7.13. The van der Waals surface area contributed by atoms with Crippen LogP contribution in [0.4, 0.5) is 5.82 Å². The zero-order valence-corrected chi connectivity index (χ0v) is 19.5. The van der Waals surface area contributed by atoms with Gasteiger partial charge in [-0.2, -0.15) is 9.78 Å². The quantitative estimate of drug-likeness (QED) is 0.468. The van der Waals surface area contributed by atoms with Crippen molar-refractivity contribution in [1.29, 1.82) is 0 Å². The van der Waals surface area contributed by atoms with Crippen molar-refractivity contribution in [2.75, 3.05) is 5.32 Å². The lowest BCUT2D eigenvalue weighted by Gasteiger charge is -2.19. The summed E-state index contributed by atoms with van der Waals surface area (Å²) >= 11 is 1.54. The molecule has 3 aromatic heterocycles. The summed E-state index contributed by atoms with van der Waals surface area (Å²) in [6.07, 6.45) is 0. The summed E-state index contributed by atoms with van der Waals surface area (Å²) in [5, 5.41) is 9.49. The zero-order chi connectivity index (χ0) is 23.0. The average Bonchev–Trinajstić information content (AvgIpc) is 3.41. The molecule has 1 amide bonds. The maximum absolute atomic E-state index is 13.0. The van der Waals surface area contributed by atoms with E-state index in [-0.39, 0.29) is 22.8 Å². The predicted molar refractivity (Wildman–Crippen MR) is 128 cm³/mol. The minimum absolute atomic E-state index is 0.00404. The summed E-state index contributed by atoms with van der Waals surface area (Å²) in [5.74, 6) is 0.402. The van der Waals surface area contributed by atoms with Gasteiger partial charge < -0.3 is 5.32 Å². The molecule has 8 heteroatoms. The van der Waals surface area contributed by atoms with E-state index in [1.165, 1.54) is 4.68 Å². The van der Waals surface area contributed by atoms with Crippen LogP contribution in [0.15, 0.2) is 52.6 Å². The monoisotopic (exact) mass is 447 g/mol. The number of benzene rings is 1. The largest absolute Gasteiger partial charge is 0.306 e. The Morgan fingerprint density at radius 3 is 2.44 bits per heavy atom. The highest BCUT2D eigenvalue weighted by Crippen LogP contribution is 2.28. The zero-order valence-electron chi connectivity index (χ0n) is 18.7. The molecule has 0 radical (unpaired) electrons. The van der Waals surface area contributed by atoms with E-state index in [1.54, 1.807) is 31.3 Å². The van der Waals surface area contributed by atoms with E-state index in [2.05, 4.69) is 41.2 Å². The minimum atomic E-state index is -0.268. The van der Waals surface area contributed by atoms with Crippen molar-refractivity contribution in [3.8, 4) is 16.5 Å². The fraction of sp³-hybridized carbons (Fsp3) is 0.250. The summed E-state index contributed by atoms with van der Waals surface area (Å²) in [6.45, 7) is 9.88. The van der Waals surface area contributed by atoms with Crippen LogP contribution < -0.4 is 10.9 Å². The van der Waals surface area contributed by atoms with Crippen molar-refractivity contribution in [1.82, 2.24) is 19.7 Å². The van der Waals surface area contributed by atoms with Crippen molar-refractivity contribution in [3.63, 3.8) is 0 Å². The van der Waals surface area contributed by atoms with Crippen LogP contribution in [0.5, 0.6) is 0 Å². The number of aromatic nitrogens is 4. The van der Waals surface area contributed by atoms with Gasteiger partial charge in [0.25, 0.3) is 11.5 Å². The molecule has 0 saturated heterocycles. The maximum Gasteiger partial charge on any atom is 0.256 e. The Balaban J connectivity index is 1.73. The van der Waals surface area contributed by atoms with Gasteiger partial charge in [-0.1, -0.05) is 39.0 Å². The number of carbonyl (C=O) groups excluding carboxylic acids is 1. The molecule has 0 bridgehead atoms. The van der Waals surface area contributed by atoms with Crippen LogP contribution in [-0.4, -0.2) is 25.7 Å². The summed E-state index contributed by atoms with van der Waals surface area (Å²) in [6, 6.07) is 13.2. The molecule has 164 valence electrons. The van der Waals surface area contributed by atoms with E-state index in [9.17, 15) is 9.59 Å². The van der Waals surface area contributed by atoms with Gasteiger partial charge in [-0.25, -0.2) is 4.98 Å². The van der Waals surface area contributed by atoms with E-state index in [0.29, 0.717) is 28.3 Å². The topological polar surface area (TPSA) is 92.7 Å². The van der Waals surface area contributed by atoms with Crippen molar-refractivity contribution < 1.29 is 4.79 Å². The molecule has 0 saturated carbocycles. The molecule has 0 spiro atoms. The smallest absolute Gasteiger partial charge is 0.256 e. The Kier molecular flexibility index (Phi) is 5.56. The van der Waals surface area contributed by atoms with Crippen molar-refractivity contribution in [2.45, 2.75) is 40.0 Å².